The summed E-state index contributed by atoms with van der Waals surface area (Å²) in [6.07, 6.45) is 0.771. The number of hydrogen-bond donors (Lipinski definition) is 2. The zero-order valence-corrected chi connectivity index (χ0v) is 5.62. The number of ether oxygens (including phenoxy) is 1. The number of nitrogens with two attached hydrogens (primary N) is 1. The number of carbonyl (C=O) groups is 1. The average Bonchev–Trinajstić information content (AvgIpc) is 2.36. The molecule has 0 aromatic rings. The number of rotatable bonds is 2. The van der Waals surface area contributed by atoms with Crippen LogP contribution in [0.15, 0.2) is 0 Å². The molecule has 0 radical (unpaired) electrons. The van der Waals surface area contributed by atoms with Crippen LogP contribution in [-0.4, -0.2) is 30.3 Å². The van der Waals surface area contributed by atoms with Crippen molar-refractivity contribution in [2.24, 2.45) is 11.7 Å². The molecule has 0 aromatic carbocycles. The van der Waals surface area contributed by atoms with E-state index in [0.717, 1.165) is 6.42 Å². The average molecular weight is 145 g/mol. The van der Waals surface area contributed by atoms with Crippen LogP contribution in [0.4, 0.5) is 0 Å². The largest absolute Gasteiger partial charge is 0.480 e. The smallest absolute Gasteiger partial charge is 0.320 e. The Morgan fingerprint density at radius 1 is 1.80 bits per heavy atom. The zero-order valence-electron chi connectivity index (χ0n) is 5.62. The number of aliphatic carboxylic acids is 1. The molecule has 2 atom stereocenters. The van der Waals surface area contributed by atoms with E-state index < -0.39 is 12.0 Å². The molecule has 0 spiro atoms. The van der Waals surface area contributed by atoms with Crippen LogP contribution in [-0.2, 0) is 9.53 Å². The highest BCUT2D eigenvalue weighted by Crippen LogP contribution is 2.14. The second kappa shape index (κ2) is 2.98. The summed E-state index contributed by atoms with van der Waals surface area (Å²) in [5.41, 5.74) is 5.34. The van der Waals surface area contributed by atoms with E-state index in [4.69, 9.17) is 15.6 Å². The molecule has 1 fully saturated rings. The molecule has 0 amide bonds. The SMILES string of the molecule is NC(C(=O)O)[C@H]1CCOC1. The molecule has 4 nitrogen and oxygen atoms in total. The molecule has 0 aromatic heterocycles. The number of carboxylic acid groups (broad SMARTS) is 1. The Morgan fingerprint density at radius 3 is 2.90 bits per heavy atom. The van der Waals surface area contributed by atoms with Crippen LogP contribution in [0.25, 0.3) is 0 Å². The summed E-state index contributed by atoms with van der Waals surface area (Å²) in [5.74, 6) is -0.923. The molecule has 4 heteroatoms. The summed E-state index contributed by atoms with van der Waals surface area (Å²) in [4.78, 5) is 10.3. The third-order valence-corrected chi connectivity index (χ3v) is 1.76. The second-order valence-corrected chi connectivity index (χ2v) is 2.49. The van der Waals surface area contributed by atoms with E-state index in [2.05, 4.69) is 0 Å². The van der Waals surface area contributed by atoms with Gasteiger partial charge in [0.2, 0.25) is 0 Å². The Kier molecular flexibility index (Phi) is 2.24. The maximum absolute atomic E-state index is 10.3. The van der Waals surface area contributed by atoms with E-state index in [1.165, 1.54) is 0 Å². The maximum Gasteiger partial charge on any atom is 0.320 e. The quantitative estimate of drug-likeness (QED) is 0.546. The molecule has 58 valence electrons. The van der Waals surface area contributed by atoms with Gasteiger partial charge in [-0.2, -0.15) is 0 Å². The molecule has 1 aliphatic rings. The van der Waals surface area contributed by atoms with E-state index in [9.17, 15) is 4.79 Å². The van der Waals surface area contributed by atoms with Crippen molar-refractivity contribution in [3.8, 4) is 0 Å². The maximum atomic E-state index is 10.3. The normalized spacial score (nSPS) is 28.3. The fraction of sp³-hybridized carbons (Fsp3) is 0.833. The summed E-state index contributed by atoms with van der Waals surface area (Å²) in [7, 11) is 0. The van der Waals surface area contributed by atoms with Crippen LogP contribution in [0.3, 0.4) is 0 Å². The van der Waals surface area contributed by atoms with Gasteiger partial charge in [-0.25, -0.2) is 0 Å². The predicted molar refractivity (Wildman–Crippen MR) is 34.5 cm³/mol. The van der Waals surface area contributed by atoms with Gasteiger partial charge in [0.25, 0.3) is 0 Å². The van der Waals surface area contributed by atoms with Crippen molar-refractivity contribution in [1.29, 1.82) is 0 Å². The summed E-state index contributed by atoms with van der Waals surface area (Å²) in [6.45, 7) is 1.14. The van der Waals surface area contributed by atoms with Crippen LogP contribution in [0.1, 0.15) is 6.42 Å². The van der Waals surface area contributed by atoms with Crippen LogP contribution in [0.5, 0.6) is 0 Å². The van der Waals surface area contributed by atoms with Gasteiger partial charge >= 0.3 is 5.97 Å². The van der Waals surface area contributed by atoms with E-state index in [0.29, 0.717) is 13.2 Å². The van der Waals surface area contributed by atoms with Crippen LogP contribution < -0.4 is 5.73 Å². The lowest BCUT2D eigenvalue weighted by Crippen LogP contribution is -2.38. The highest BCUT2D eigenvalue weighted by molar-refractivity contribution is 5.73. The molecule has 0 aliphatic carbocycles. The van der Waals surface area contributed by atoms with Crippen molar-refractivity contribution in [3.05, 3.63) is 0 Å². The molecule has 0 saturated carbocycles. The van der Waals surface area contributed by atoms with E-state index in [1.54, 1.807) is 0 Å². The predicted octanol–water partition coefficient (Wildman–Crippen LogP) is -0.565. The van der Waals surface area contributed by atoms with Crippen molar-refractivity contribution < 1.29 is 14.6 Å². The fourth-order valence-electron chi connectivity index (χ4n) is 1.04. The van der Waals surface area contributed by atoms with Gasteiger partial charge in [0, 0.05) is 12.5 Å². The molecule has 1 aliphatic heterocycles. The topological polar surface area (TPSA) is 72.6 Å². The van der Waals surface area contributed by atoms with Crippen molar-refractivity contribution in [3.63, 3.8) is 0 Å². The van der Waals surface area contributed by atoms with Crippen molar-refractivity contribution in [2.75, 3.05) is 13.2 Å². The molecule has 1 saturated heterocycles. The van der Waals surface area contributed by atoms with E-state index in [-0.39, 0.29) is 5.92 Å². The third-order valence-electron chi connectivity index (χ3n) is 1.76. The first-order chi connectivity index (χ1) is 4.72. The Bertz CT molecular complexity index is 131. The third kappa shape index (κ3) is 1.46. The second-order valence-electron chi connectivity index (χ2n) is 2.49. The van der Waals surface area contributed by atoms with Gasteiger partial charge < -0.3 is 15.6 Å². The van der Waals surface area contributed by atoms with Crippen molar-refractivity contribution >= 4 is 5.97 Å². The van der Waals surface area contributed by atoms with Gasteiger partial charge in [0.05, 0.1) is 6.61 Å². The molecule has 1 heterocycles. The number of carboxylic acids is 1. The summed E-state index contributed by atoms with van der Waals surface area (Å²) >= 11 is 0. The monoisotopic (exact) mass is 145 g/mol. The lowest BCUT2D eigenvalue weighted by molar-refractivity contribution is -0.139. The lowest BCUT2D eigenvalue weighted by atomic mass is 10.0. The first kappa shape index (κ1) is 7.50. The minimum Gasteiger partial charge on any atom is -0.480 e. The van der Waals surface area contributed by atoms with Crippen LogP contribution in [0.2, 0.25) is 0 Å². The van der Waals surface area contributed by atoms with Crippen molar-refractivity contribution in [2.45, 2.75) is 12.5 Å². The minimum absolute atomic E-state index is 0.0116. The van der Waals surface area contributed by atoms with Gasteiger partial charge in [-0.3, -0.25) is 4.79 Å². The van der Waals surface area contributed by atoms with Gasteiger partial charge in [0.15, 0.2) is 0 Å². The van der Waals surface area contributed by atoms with Gasteiger partial charge in [0.1, 0.15) is 6.04 Å². The molecule has 0 bridgehead atoms. The number of hydrogen-bond acceptors (Lipinski definition) is 3. The lowest BCUT2D eigenvalue weighted by Gasteiger charge is -2.11. The minimum atomic E-state index is -0.935. The van der Waals surface area contributed by atoms with Crippen LogP contribution in [0, 0.1) is 5.92 Å². The fourth-order valence-corrected chi connectivity index (χ4v) is 1.04. The van der Waals surface area contributed by atoms with Gasteiger partial charge in [-0.1, -0.05) is 0 Å². The van der Waals surface area contributed by atoms with Crippen LogP contribution >= 0.6 is 0 Å². The first-order valence-corrected chi connectivity index (χ1v) is 3.28. The molecular formula is C6H11NO3. The Balaban J connectivity index is 2.39. The zero-order chi connectivity index (χ0) is 7.56. The van der Waals surface area contributed by atoms with E-state index >= 15 is 0 Å². The summed E-state index contributed by atoms with van der Waals surface area (Å²) in [5, 5.41) is 8.46. The van der Waals surface area contributed by atoms with E-state index in [1.807, 2.05) is 0 Å². The first-order valence-electron chi connectivity index (χ1n) is 3.28. The molecule has 3 N–H and O–H groups in total. The molecule has 1 rings (SSSR count). The Labute approximate surface area is 59.0 Å². The standard InChI is InChI=1S/C6H11NO3/c7-5(6(8)9)4-1-2-10-3-4/h4-5H,1-3,7H2,(H,8,9)/t4-,5?/m0/s1. The van der Waals surface area contributed by atoms with Crippen molar-refractivity contribution in [1.82, 2.24) is 0 Å². The molecule has 10 heavy (non-hydrogen) atoms. The highest BCUT2D eigenvalue weighted by atomic mass is 16.5. The summed E-state index contributed by atoms with van der Waals surface area (Å²) in [6, 6.07) is -0.748. The highest BCUT2D eigenvalue weighted by Gasteiger charge is 2.27. The Morgan fingerprint density at radius 2 is 2.50 bits per heavy atom. The molecule has 1 unspecified atom stereocenters. The molecular weight excluding hydrogens is 134 g/mol. The van der Waals surface area contributed by atoms with Gasteiger partial charge in [-0.15, -0.1) is 0 Å². The Hall–Kier alpha value is -0.610. The van der Waals surface area contributed by atoms with Gasteiger partial charge in [-0.05, 0) is 6.42 Å². The summed E-state index contributed by atoms with van der Waals surface area (Å²) < 4.78 is 4.99.